The smallest absolute Gasteiger partial charge is 0.306 e. The van der Waals surface area contributed by atoms with Crippen LogP contribution in [0.1, 0.15) is 57.4 Å². The third-order valence-corrected chi connectivity index (χ3v) is 4.08. The molecule has 0 unspecified atom stereocenters. The average molecular weight is 399 g/mol. The molecule has 0 amide bonds. The van der Waals surface area contributed by atoms with Crippen LogP contribution in [0.3, 0.4) is 0 Å². The van der Waals surface area contributed by atoms with Crippen molar-refractivity contribution in [1.29, 1.82) is 0 Å². The van der Waals surface area contributed by atoms with Crippen LogP contribution in [-0.4, -0.2) is 25.2 Å². The molecule has 0 aromatic heterocycles. The Bertz CT molecular complexity index is 502. The molecule has 0 saturated heterocycles. The second-order valence-electron chi connectivity index (χ2n) is 5.74. The molecule has 0 bridgehead atoms. The number of ether oxygens (including phenoxy) is 2. The number of hydrogen-bond acceptors (Lipinski definition) is 4. The first-order valence-electron chi connectivity index (χ1n) is 8.67. The number of esters is 2. The molecule has 0 fully saturated rings. The fraction of sp³-hybridized carbons (Fsp3) is 0.579. The summed E-state index contributed by atoms with van der Waals surface area (Å²) in [7, 11) is 0. The number of hydrogen-bond donors (Lipinski definition) is 0. The molecule has 1 aromatic rings. The van der Waals surface area contributed by atoms with Crippen LogP contribution in [0.4, 0.5) is 0 Å². The van der Waals surface area contributed by atoms with Crippen LogP contribution in [0.2, 0.25) is 0 Å². The first-order chi connectivity index (χ1) is 11.6. The van der Waals surface area contributed by atoms with Crippen LogP contribution in [0.15, 0.2) is 28.7 Å². The van der Waals surface area contributed by atoms with Crippen LogP contribution in [-0.2, 0) is 25.5 Å². The van der Waals surface area contributed by atoms with Crippen LogP contribution in [0.25, 0.3) is 0 Å². The molecule has 24 heavy (non-hydrogen) atoms. The lowest BCUT2D eigenvalue weighted by atomic mass is 10.2. The van der Waals surface area contributed by atoms with E-state index >= 15 is 0 Å². The maximum absolute atomic E-state index is 11.6. The number of halogens is 1. The molecule has 0 saturated carbocycles. The van der Waals surface area contributed by atoms with Gasteiger partial charge >= 0.3 is 11.9 Å². The van der Waals surface area contributed by atoms with E-state index in [1.54, 1.807) is 0 Å². The SMILES string of the molecule is CCCCCCCOC(=O)CCC(=O)OCCc1cccc(Br)c1. The molecule has 0 N–H and O–H groups in total. The Labute approximate surface area is 153 Å². The molecule has 0 aliphatic heterocycles. The number of carbonyl (C=O) groups is 2. The van der Waals surface area contributed by atoms with Crippen molar-refractivity contribution in [1.82, 2.24) is 0 Å². The Morgan fingerprint density at radius 2 is 1.62 bits per heavy atom. The predicted molar refractivity (Wildman–Crippen MR) is 97.8 cm³/mol. The molecule has 0 atom stereocenters. The third-order valence-electron chi connectivity index (χ3n) is 3.59. The van der Waals surface area contributed by atoms with E-state index in [1.165, 1.54) is 19.3 Å². The van der Waals surface area contributed by atoms with E-state index in [1.807, 2.05) is 24.3 Å². The standard InChI is InChI=1S/C19H27BrO4/c1-2-3-4-5-6-13-23-18(21)10-11-19(22)24-14-12-16-8-7-9-17(20)15-16/h7-9,15H,2-6,10-14H2,1H3. The van der Waals surface area contributed by atoms with Crippen molar-refractivity contribution in [2.45, 2.75) is 58.3 Å². The van der Waals surface area contributed by atoms with E-state index in [9.17, 15) is 9.59 Å². The van der Waals surface area contributed by atoms with Crippen molar-refractivity contribution in [3.05, 3.63) is 34.3 Å². The number of carbonyl (C=O) groups excluding carboxylic acids is 2. The number of benzene rings is 1. The molecular formula is C19H27BrO4. The molecule has 0 aliphatic rings. The maximum atomic E-state index is 11.6. The van der Waals surface area contributed by atoms with Crippen molar-refractivity contribution in [2.24, 2.45) is 0 Å². The van der Waals surface area contributed by atoms with Gasteiger partial charge in [0.1, 0.15) is 0 Å². The summed E-state index contributed by atoms with van der Waals surface area (Å²) in [4.78, 5) is 23.1. The minimum Gasteiger partial charge on any atom is -0.466 e. The zero-order chi connectivity index (χ0) is 17.6. The molecule has 1 aromatic carbocycles. The lowest BCUT2D eigenvalue weighted by molar-refractivity contribution is -0.150. The number of rotatable bonds is 12. The van der Waals surface area contributed by atoms with Crippen LogP contribution in [0.5, 0.6) is 0 Å². The highest BCUT2D eigenvalue weighted by Crippen LogP contribution is 2.12. The summed E-state index contributed by atoms with van der Waals surface area (Å²) in [6.07, 6.45) is 6.40. The summed E-state index contributed by atoms with van der Waals surface area (Å²) in [5, 5.41) is 0. The maximum Gasteiger partial charge on any atom is 0.306 e. The second kappa shape index (κ2) is 13.0. The molecule has 0 radical (unpaired) electrons. The van der Waals surface area contributed by atoms with Crippen LogP contribution < -0.4 is 0 Å². The first-order valence-corrected chi connectivity index (χ1v) is 9.46. The Balaban J connectivity index is 2.03. The van der Waals surface area contributed by atoms with Crippen molar-refractivity contribution < 1.29 is 19.1 Å². The summed E-state index contributed by atoms with van der Waals surface area (Å²) in [6, 6.07) is 7.87. The highest BCUT2D eigenvalue weighted by molar-refractivity contribution is 9.10. The highest BCUT2D eigenvalue weighted by atomic mass is 79.9. The Morgan fingerprint density at radius 1 is 0.958 bits per heavy atom. The summed E-state index contributed by atoms with van der Waals surface area (Å²) < 4.78 is 11.3. The lowest BCUT2D eigenvalue weighted by Gasteiger charge is -2.06. The Hall–Kier alpha value is -1.36. The largest absolute Gasteiger partial charge is 0.466 e. The molecule has 4 nitrogen and oxygen atoms in total. The van der Waals surface area contributed by atoms with Crippen molar-refractivity contribution in [2.75, 3.05) is 13.2 Å². The topological polar surface area (TPSA) is 52.6 Å². The Morgan fingerprint density at radius 3 is 2.29 bits per heavy atom. The van der Waals surface area contributed by atoms with Gasteiger partial charge in [-0.3, -0.25) is 9.59 Å². The van der Waals surface area contributed by atoms with Gasteiger partial charge in [-0.25, -0.2) is 0 Å². The molecule has 1 rings (SSSR count). The van der Waals surface area contributed by atoms with Gasteiger partial charge in [0.25, 0.3) is 0 Å². The number of unbranched alkanes of at least 4 members (excludes halogenated alkanes) is 4. The fourth-order valence-corrected chi connectivity index (χ4v) is 2.66. The molecule has 0 heterocycles. The van der Waals surface area contributed by atoms with E-state index < -0.39 is 0 Å². The predicted octanol–water partition coefficient (Wildman–Crippen LogP) is 4.83. The van der Waals surface area contributed by atoms with Gasteiger partial charge in [0.15, 0.2) is 0 Å². The van der Waals surface area contributed by atoms with Gasteiger partial charge in [0, 0.05) is 10.9 Å². The lowest BCUT2D eigenvalue weighted by Crippen LogP contribution is -2.12. The zero-order valence-corrected chi connectivity index (χ0v) is 16.0. The summed E-state index contributed by atoms with van der Waals surface area (Å²) >= 11 is 3.40. The second-order valence-corrected chi connectivity index (χ2v) is 6.65. The normalized spacial score (nSPS) is 10.4. The van der Waals surface area contributed by atoms with Crippen molar-refractivity contribution in [3.8, 4) is 0 Å². The van der Waals surface area contributed by atoms with E-state index in [2.05, 4.69) is 22.9 Å². The van der Waals surface area contributed by atoms with Crippen molar-refractivity contribution >= 4 is 27.9 Å². The van der Waals surface area contributed by atoms with Gasteiger partial charge in [-0.05, 0) is 24.1 Å². The van der Waals surface area contributed by atoms with Crippen LogP contribution >= 0.6 is 15.9 Å². The van der Waals surface area contributed by atoms with Crippen molar-refractivity contribution in [3.63, 3.8) is 0 Å². The van der Waals surface area contributed by atoms with Gasteiger partial charge < -0.3 is 9.47 Å². The minimum absolute atomic E-state index is 0.0765. The van der Waals surface area contributed by atoms with Gasteiger partial charge in [0.05, 0.1) is 26.1 Å². The van der Waals surface area contributed by atoms with Gasteiger partial charge in [-0.1, -0.05) is 60.7 Å². The van der Waals surface area contributed by atoms with Gasteiger partial charge in [-0.15, -0.1) is 0 Å². The molecule has 0 spiro atoms. The zero-order valence-electron chi connectivity index (χ0n) is 14.4. The molecular weight excluding hydrogens is 372 g/mol. The quantitative estimate of drug-likeness (QED) is 0.373. The molecule has 0 aliphatic carbocycles. The molecule has 134 valence electrons. The van der Waals surface area contributed by atoms with E-state index in [0.29, 0.717) is 19.6 Å². The third kappa shape index (κ3) is 10.4. The van der Waals surface area contributed by atoms with Gasteiger partial charge in [0.2, 0.25) is 0 Å². The van der Waals surface area contributed by atoms with E-state index in [0.717, 1.165) is 22.9 Å². The summed E-state index contributed by atoms with van der Waals surface area (Å²) in [5.41, 5.74) is 1.10. The average Bonchev–Trinajstić information content (AvgIpc) is 2.56. The Kier molecular flexibility index (Phi) is 11.2. The van der Waals surface area contributed by atoms with E-state index in [-0.39, 0.29) is 24.8 Å². The minimum atomic E-state index is -0.357. The van der Waals surface area contributed by atoms with Crippen LogP contribution in [0, 0.1) is 0 Å². The highest BCUT2D eigenvalue weighted by Gasteiger charge is 2.09. The summed E-state index contributed by atoms with van der Waals surface area (Å²) in [6.45, 7) is 2.93. The van der Waals surface area contributed by atoms with Gasteiger partial charge in [-0.2, -0.15) is 0 Å². The fourth-order valence-electron chi connectivity index (χ4n) is 2.22. The monoisotopic (exact) mass is 398 g/mol. The molecule has 5 heteroatoms. The summed E-state index contributed by atoms with van der Waals surface area (Å²) in [5.74, 6) is -0.681. The first kappa shape index (κ1) is 20.7. The van der Waals surface area contributed by atoms with E-state index in [4.69, 9.17) is 9.47 Å².